The molecule has 3 amide bonds. The van der Waals surface area contributed by atoms with Gasteiger partial charge in [0.2, 0.25) is 5.91 Å². The molecular weight excluding hydrogens is 238 g/mol. The van der Waals surface area contributed by atoms with Gasteiger partial charge in [0, 0.05) is 26.7 Å². The number of hydrogen-bond donors (Lipinski definition) is 3. The van der Waals surface area contributed by atoms with Gasteiger partial charge in [-0.25, -0.2) is 4.79 Å². The fourth-order valence-electron chi connectivity index (χ4n) is 1.42. The minimum Gasteiger partial charge on any atom is -0.395 e. The highest BCUT2D eigenvalue weighted by molar-refractivity contribution is 5.96. The van der Waals surface area contributed by atoms with E-state index in [4.69, 9.17) is 9.84 Å². The Morgan fingerprint density at radius 3 is 2.56 bits per heavy atom. The standard InChI is InChI=1S/C11H23N3O4/c1-4-12-11(17)13-10(16)9(2)14(5-7-15)6-8-18-3/h9,15H,4-8H2,1-3H3,(H2,12,13,16,17). The molecule has 0 aromatic rings. The number of methoxy groups -OCH3 is 1. The predicted octanol–water partition coefficient (Wildman–Crippen LogP) is -0.839. The van der Waals surface area contributed by atoms with Crippen LogP contribution in [0.5, 0.6) is 0 Å². The minimum absolute atomic E-state index is 0.0531. The van der Waals surface area contributed by atoms with Crippen LogP contribution in [0.1, 0.15) is 13.8 Å². The van der Waals surface area contributed by atoms with Crippen LogP contribution in [-0.2, 0) is 9.53 Å². The molecule has 3 N–H and O–H groups in total. The van der Waals surface area contributed by atoms with E-state index in [1.54, 1.807) is 25.9 Å². The number of ether oxygens (including phenoxy) is 1. The van der Waals surface area contributed by atoms with E-state index in [2.05, 4.69) is 10.6 Å². The molecule has 0 bridgehead atoms. The molecule has 7 nitrogen and oxygen atoms in total. The van der Waals surface area contributed by atoms with E-state index in [-0.39, 0.29) is 6.61 Å². The molecule has 106 valence electrons. The highest BCUT2D eigenvalue weighted by Gasteiger charge is 2.21. The number of nitrogens with zero attached hydrogens (tertiary/aromatic N) is 1. The van der Waals surface area contributed by atoms with Crippen molar-refractivity contribution in [3.8, 4) is 0 Å². The SMILES string of the molecule is CCNC(=O)NC(=O)C(C)N(CCO)CCOC. The maximum atomic E-state index is 11.8. The first-order chi connectivity index (χ1) is 8.56. The van der Waals surface area contributed by atoms with Crippen molar-refractivity contribution in [3.05, 3.63) is 0 Å². The number of imide groups is 1. The van der Waals surface area contributed by atoms with Crippen molar-refractivity contribution in [1.82, 2.24) is 15.5 Å². The molecule has 0 aliphatic heterocycles. The summed E-state index contributed by atoms with van der Waals surface area (Å²) in [4.78, 5) is 24.7. The topological polar surface area (TPSA) is 90.9 Å². The van der Waals surface area contributed by atoms with Crippen molar-refractivity contribution in [2.75, 3.05) is 40.0 Å². The Morgan fingerprint density at radius 2 is 2.06 bits per heavy atom. The first-order valence-electron chi connectivity index (χ1n) is 5.99. The summed E-state index contributed by atoms with van der Waals surface area (Å²) in [5.74, 6) is -0.398. The summed E-state index contributed by atoms with van der Waals surface area (Å²) in [7, 11) is 1.57. The third kappa shape index (κ3) is 6.53. The monoisotopic (exact) mass is 261 g/mol. The Balaban J connectivity index is 4.31. The summed E-state index contributed by atoms with van der Waals surface area (Å²) in [5, 5.41) is 13.7. The largest absolute Gasteiger partial charge is 0.395 e. The van der Waals surface area contributed by atoms with Crippen LogP contribution in [0.2, 0.25) is 0 Å². The van der Waals surface area contributed by atoms with E-state index < -0.39 is 18.0 Å². The number of aliphatic hydroxyl groups excluding tert-OH is 1. The summed E-state index contributed by atoms with van der Waals surface area (Å²) in [6.45, 7) is 5.18. The molecule has 0 radical (unpaired) electrons. The molecule has 0 aromatic heterocycles. The highest BCUT2D eigenvalue weighted by Crippen LogP contribution is 1.99. The molecule has 1 atom stereocenters. The summed E-state index contributed by atoms with van der Waals surface area (Å²) >= 11 is 0. The normalized spacial score (nSPS) is 12.3. The zero-order valence-corrected chi connectivity index (χ0v) is 11.2. The molecule has 7 heteroatoms. The first-order valence-corrected chi connectivity index (χ1v) is 5.99. The maximum absolute atomic E-state index is 11.8. The lowest BCUT2D eigenvalue weighted by atomic mass is 10.2. The lowest BCUT2D eigenvalue weighted by Crippen LogP contribution is -2.51. The van der Waals surface area contributed by atoms with Gasteiger partial charge in [-0.3, -0.25) is 15.0 Å². The molecule has 0 rings (SSSR count). The number of aliphatic hydroxyl groups is 1. The Hall–Kier alpha value is -1.18. The fourth-order valence-corrected chi connectivity index (χ4v) is 1.42. The van der Waals surface area contributed by atoms with Crippen molar-refractivity contribution < 1.29 is 19.4 Å². The predicted molar refractivity (Wildman–Crippen MR) is 67.2 cm³/mol. The van der Waals surface area contributed by atoms with E-state index in [0.717, 1.165) is 0 Å². The smallest absolute Gasteiger partial charge is 0.321 e. The van der Waals surface area contributed by atoms with Gasteiger partial charge in [0.1, 0.15) is 0 Å². The average Bonchev–Trinajstić information content (AvgIpc) is 2.33. The Bertz CT molecular complexity index is 261. The third-order valence-corrected chi connectivity index (χ3v) is 2.47. The van der Waals surface area contributed by atoms with Crippen molar-refractivity contribution in [3.63, 3.8) is 0 Å². The van der Waals surface area contributed by atoms with Crippen molar-refractivity contribution in [2.24, 2.45) is 0 Å². The van der Waals surface area contributed by atoms with Crippen LogP contribution < -0.4 is 10.6 Å². The van der Waals surface area contributed by atoms with Crippen LogP contribution in [0, 0.1) is 0 Å². The number of amides is 3. The second kappa shape index (κ2) is 9.81. The molecule has 0 spiro atoms. The second-order valence-corrected chi connectivity index (χ2v) is 3.78. The summed E-state index contributed by atoms with van der Waals surface area (Å²) in [5.41, 5.74) is 0. The van der Waals surface area contributed by atoms with E-state index in [1.807, 2.05) is 0 Å². The fraction of sp³-hybridized carbons (Fsp3) is 0.818. The van der Waals surface area contributed by atoms with Gasteiger partial charge < -0.3 is 15.2 Å². The molecule has 0 fully saturated rings. The van der Waals surface area contributed by atoms with Gasteiger partial charge in [-0.15, -0.1) is 0 Å². The van der Waals surface area contributed by atoms with Crippen molar-refractivity contribution in [2.45, 2.75) is 19.9 Å². The molecule has 0 saturated carbocycles. The number of carbonyl (C=O) groups is 2. The molecule has 18 heavy (non-hydrogen) atoms. The Labute approximate surface area is 107 Å². The second-order valence-electron chi connectivity index (χ2n) is 3.78. The van der Waals surface area contributed by atoms with Crippen LogP contribution in [0.25, 0.3) is 0 Å². The summed E-state index contributed by atoms with van der Waals surface area (Å²) in [6.07, 6.45) is 0. The minimum atomic E-state index is -0.509. The highest BCUT2D eigenvalue weighted by atomic mass is 16.5. The molecule has 1 unspecified atom stereocenters. The Morgan fingerprint density at radius 1 is 1.39 bits per heavy atom. The first kappa shape index (κ1) is 16.8. The summed E-state index contributed by atoms with van der Waals surface area (Å²) in [6, 6.07) is -1.01. The molecule has 0 saturated heterocycles. The number of carbonyl (C=O) groups excluding carboxylic acids is 2. The molecule has 0 aliphatic rings. The van der Waals surface area contributed by atoms with Crippen LogP contribution in [-0.4, -0.2) is 67.9 Å². The lowest BCUT2D eigenvalue weighted by molar-refractivity contribution is -0.125. The Kier molecular flexibility index (Phi) is 9.17. The zero-order chi connectivity index (χ0) is 14.0. The van der Waals surface area contributed by atoms with Gasteiger partial charge >= 0.3 is 6.03 Å². The maximum Gasteiger partial charge on any atom is 0.321 e. The van der Waals surface area contributed by atoms with Gasteiger partial charge in [0.15, 0.2) is 0 Å². The van der Waals surface area contributed by atoms with Crippen LogP contribution in [0.3, 0.4) is 0 Å². The molecule has 0 aliphatic carbocycles. The van der Waals surface area contributed by atoms with Crippen LogP contribution in [0.15, 0.2) is 0 Å². The third-order valence-electron chi connectivity index (χ3n) is 2.47. The van der Waals surface area contributed by atoms with Gasteiger partial charge in [-0.05, 0) is 13.8 Å². The van der Waals surface area contributed by atoms with Crippen LogP contribution in [0.4, 0.5) is 4.79 Å². The van der Waals surface area contributed by atoms with E-state index >= 15 is 0 Å². The van der Waals surface area contributed by atoms with E-state index in [1.165, 1.54) is 0 Å². The van der Waals surface area contributed by atoms with E-state index in [9.17, 15) is 9.59 Å². The lowest BCUT2D eigenvalue weighted by Gasteiger charge is -2.26. The van der Waals surface area contributed by atoms with Gasteiger partial charge in [0.05, 0.1) is 19.3 Å². The van der Waals surface area contributed by atoms with Crippen LogP contribution >= 0.6 is 0 Å². The van der Waals surface area contributed by atoms with Crippen molar-refractivity contribution in [1.29, 1.82) is 0 Å². The number of hydrogen-bond acceptors (Lipinski definition) is 5. The number of urea groups is 1. The van der Waals surface area contributed by atoms with Gasteiger partial charge in [-0.1, -0.05) is 0 Å². The molecule has 0 heterocycles. The summed E-state index contributed by atoms with van der Waals surface area (Å²) < 4.78 is 4.93. The molecular formula is C11H23N3O4. The number of nitrogens with one attached hydrogen (secondary N) is 2. The van der Waals surface area contributed by atoms with Gasteiger partial charge in [-0.2, -0.15) is 0 Å². The quantitative estimate of drug-likeness (QED) is 0.530. The van der Waals surface area contributed by atoms with E-state index in [0.29, 0.717) is 26.2 Å². The number of rotatable bonds is 8. The zero-order valence-electron chi connectivity index (χ0n) is 11.2. The average molecular weight is 261 g/mol. The molecule has 0 aromatic carbocycles. The van der Waals surface area contributed by atoms with Crippen molar-refractivity contribution >= 4 is 11.9 Å². The van der Waals surface area contributed by atoms with Gasteiger partial charge in [0.25, 0.3) is 0 Å².